The summed E-state index contributed by atoms with van der Waals surface area (Å²) < 4.78 is 2.61. The summed E-state index contributed by atoms with van der Waals surface area (Å²) in [5, 5.41) is 3.33. The van der Waals surface area contributed by atoms with Gasteiger partial charge in [-0.05, 0) is 25.3 Å². The molecule has 1 aliphatic carbocycles. The SMILES string of the molecule is Cn1cc(CNCC2CCCC2)c(=O)n(C)c1=O. The van der Waals surface area contributed by atoms with Gasteiger partial charge in [0.25, 0.3) is 5.56 Å². The van der Waals surface area contributed by atoms with Gasteiger partial charge in [0.1, 0.15) is 0 Å². The molecule has 1 aromatic rings. The zero-order valence-corrected chi connectivity index (χ0v) is 11.1. The van der Waals surface area contributed by atoms with E-state index in [1.54, 1.807) is 13.2 Å². The molecule has 1 aliphatic rings. The lowest BCUT2D eigenvalue weighted by Crippen LogP contribution is -2.39. The van der Waals surface area contributed by atoms with Crippen LogP contribution in [0.4, 0.5) is 0 Å². The zero-order valence-electron chi connectivity index (χ0n) is 11.1. The lowest BCUT2D eigenvalue weighted by atomic mass is 10.1. The third-order valence-electron chi connectivity index (χ3n) is 3.74. The van der Waals surface area contributed by atoms with E-state index in [1.807, 2.05) is 0 Å². The van der Waals surface area contributed by atoms with Gasteiger partial charge in [0.15, 0.2) is 0 Å². The van der Waals surface area contributed by atoms with Crippen molar-refractivity contribution >= 4 is 0 Å². The van der Waals surface area contributed by atoms with Crippen LogP contribution < -0.4 is 16.6 Å². The molecule has 5 nitrogen and oxygen atoms in total. The molecule has 18 heavy (non-hydrogen) atoms. The molecule has 100 valence electrons. The Morgan fingerprint density at radius 3 is 2.61 bits per heavy atom. The van der Waals surface area contributed by atoms with Crippen LogP contribution in [0.15, 0.2) is 15.8 Å². The number of hydrogen-bond acceptors (Lipinski definition) is 3. The smallest absolute Gasteiger partial charge is 0.312 e. The number of rotatable bonds is 4. The van der Waals surface area contributed by atoms with E-state index in [1.165, 1.54) is 37.3 Å². The summed E-state index contributed by atoms with van der Waals surface area (Å²) in [6.45, 7) is 1.50. The molecule has 0 radical (unpaired) electrons. The molecule has 0 saturated heterocycles. The summed E-state index contributed by atoms with van der Waals surface area (Å²) >= 11 is 0. The Morgan fingerprint density at radius 2 is 1.94 bits per heavy atom. The maximum absolute atomic E-state index is 11.9. The largest absolute Gasteiger partial charge is 0.330 e. The molecule has 0 bridgehead atoms. The molecule has 0 spiro atoms. The number of hydrogen-bond donors (Lipinski definition) is 1. The van der Waals surface area contributed by atoms with Crippen molar-refractivity contribution < 1.29 is 0 Å². The molecule has 5 heteroatoms. The Labute approximate surface area is 106 Å². The molecule has 1 heterocycles. The Kier molecular flexibility index (Phi) is 4.01. The third-order valence-corrected chi connectivity index (χ3v) is 3.74. The van der Waals surface area contributed by atoms with Gasteiger partial charge in [-0.2, -0.15) is 0 Å². The Hall–Kier alpha value is -1.36. The van der Waals surface area contributed by atoms with Gasteiger partial charge in [0, 0.05) is 32.4 Å². The van der Waals surface area contributed by atoms with Crippen LogP contribution in [0, 0.1) is 5.92 Å². The first-order chi connectivity index (χ1) is 8.59. The molecule has 0 amide bonds. The number of aromatic nitrogens is 2. The van der Waals surface area contributed by atoms with E-state index < -0.39 is 0 Å². The Morgan fingerprint density at radius 1 is 1.28 bits per heavy atom. The predicted molar refractivity (Wildman–Crippen MR) is 70.6 cm³/mol. The quantitative estimate of drug-likeness (QED) is 0.841. The average molecular weight is 251 g/mol. The summed E-state index contributed by atoms with van der Waals surface area (Å²) in [5.41, 5.74) is 0.175. The fourth-order valence-electron chi connectivity index (χ4n) is 2.63. The highest BCUT2D eigenvalue weighted by atomic mass is 16.2. The summed E-state index contributed by atoms with van der Waals surface area (Å²) in [5.74, 6) is 0.751. The number of nitrogens with one attached hydrogen (secondary N) is 1. The highest BCUT2D eigenvalue weighted by Crippen LogP contribution is 2.23. The van der Waals surface area contributed by atoms with E-state index in [0.29, 0.717) is 12.1 Å². The molecule has 0 aliphatic heterocycles. The van der Waals surface area contributed by atoms with Crippen molar-refractivity contribution in [1.82, 2.24) is 14.5 Å². The lowest BCUT2D eigenvalue weighted by Gasteiger charge is -2.11. The van der Waals surface area contributed by atoms with E-state index in [9.17, 15) is 9.59 Å². The van der Waals surface area contributed by atoms with Crippen LogP contribution in [0.3, 0.4) is 0 Å². The lowest BCUT2D eigenvalue weighted by molar-refractivity contribution is 0.485. The molecular weight excluding hydrogens is 230 g/mol. The first-order valence-corrected chi connectivity index (χ1v) is 6.56. The molecule has 1 fully saturated rings. The van der Waals surface area contributed by atoms with E-state index >= 15 is 0 Å². The normalized spacial score (nSPS) is 16.3. The van der Waals surface area contributed by atoms with Gasteiger partial charge in [-0.15, -0.1) is 0 Å². The van der Waals surface area contributed by atoms with Crippen LogP contribution in [0.5, 0.6) is 0 Å². The monoisotopic (exact) mass is 251 g/mol. The number of aryl methyl sites for hydroxylation is 1. The first kappa shape index (κ1) is 13.1. The molecule has 0 atom stereocenters. The Bertz CT molecular complexity index is 524. The van der Waals surface area contributed by atoms with Gasteiger partial charge in [0.2, 0.25) is 0 Å². The summed E-state index contributed by atoms with van der Waals surface area (Å²) in [4.78, 5) is 23.4. The molecule has 2 rings (SSSR count). The van der Waals surface area contributed by atoms with Gasteiger partial charge in [0.05, 0.1) is 0 Å². The van der Waals surface area contributed by atoms with Crippen molar-refractivity contribution in [3.8, 4) is 0 Å². The highest BCUT2D eigenvalue weighted by Gasteiger charge is 2.14. The van der Waals surface area contributed by atoms with Crippen LogP contribution in [0.2, 0.25) is 0 Å². The minimum atomic E-state index is -0.278. The van der Waals surface area contributed by atoms with Gasteiger partial charge in [-0.25, -0.2) is 4.79 Å². The molecule has 1 aromatic heterocycles. The molecule has 1 N–H and O–H groups in total. The first-order valence-electron chi connectivity index (χ1n) is 6.56. The maximum atomic E-state index is 11.9. The topological polar surface area (TPSA) is 56.0 Å². The summed E-state index contributed by atoms with van der Waals surface area (Å²) in [6.07, 6.45) is 6.87. The van der Waals surface area contributed by atoms with E-state index in [2.05, 4.69) is 5.32 Å². The van der Waals surface area contributed by atoms with Gasteiger partial charge < -0.3 is 9.88 Å². The van der Waals surface area contributed by atoms with E-state index in [0.717, 1.165) is 17.0 Å². The van der Waals surface area contributed by atoms with Gasteiger partial charge in [-0.3, -0.25) is 9.36 Å². The van der Waals surface area contributed by atoms with Gasteiger partial charge in [-0.1, -0.05) is 12.8 Å². The fourth-order valence-corrected chi connectivity index (χ4v) is 2.63. The van der Waals surface area contributed by atoms with Crippen molar-refractivity contribution in [2.24, 2.45) is 20.0 Å². The molecular formula is C13H21N3O2. The highest BCUT2D eigenvalue weighted by molar-refractivity contribution is 5.05. The second-order valence-corrected chi connectivity index (χ2v) is 5.19. The van der Waals surface area contributed by atoms with E-state index in [4.69, 9.17) is 0 Å². The van der Waals surface area contributed by atoms with Crippen molar-refractivity contribution in [2.45, 2.75) is 32.2 Å². The molecule has 0 unspecified atom stereocenters. The molecule has 0 aromatic carbocycles. The minimum Gasteiger partial charge on any atom is -0.312 e. The summed E-state index contributed by atoms with van der Waals surface area (Å²) in [7, 11) is 3.19. The number of nitrogens with zero attached hydrogens (tertiary/aromatic N) is 2. The zero-order chi connectivity index (χ0) is 13.1. The second-order valence-electron chi connectivity index (χ2n) is 5.19. The fraction of sp³-hybridized carbons (Fsp3) is 0.692. The van der Waals surface area contributed by atoms with Crippen LogP contribution >= 0.6 is 0 Å². The van der Waals surface area contributed by atoms with Crippen molar-refractivity contribution in [3.63, 3.8) is 0 Å². The van der Waals surface area contributed by atoms with Crippen LogP contribution in [-0.4, -0.2) is 15.7 Å². The minimum absolute atomic E-state index is 0.197. The van der Waals surface area contributed by atoms with Crippen molar-refractivity contribution in [2.75, 3.05) is 6.54 Å². The van der Waals surface area contributed by atoms with Crippen LogP contribution in [0.25, 0.3) is 0 Å². The maximum Gasteiger partial charge on any atom is 0.330 e. The van der Waals surface area contributed by atoms with Gasteiger partial charge >= 0.3 is 5.69 Å². The third kappa shape index (κ3) is 2.72. The van der Waals surface area contributed by atoms with Crippen LogP contribution in [-0.2, 0) is 20.6 Å². The van der Waals surface area contributed by atoms with Crippen molar-refractivity contribution in [3.05, 3.63) is 32.6 Å². The van der Waals surface area contributed by atoms with Crippen LogP contribution in [0.1, 0.15) is 31.2 Å². The predicted octanol–water partition coefficient (Wildman–Crippen LogP) is 0.364. The Balaban J connectivity index is 2.01. The second kappa shape index (κ2) is 5.52. The molecule has 1 saturated carbocycles. The summed E-state index contributed by atoms with van der Waals surface area (Å²) in [6, 6.07) is 0. The average Bonchev–Trinajstić information content (AvgIpc) is 2.86. The van der Waals surface area contributed by atoms with Crippen molar-refractivity contribution in [1.29, 1.82) is 0 Å². The standard InChI is InChI=1S/C13H21N3O2/c1-15-9-11(12(17)16(2)13(15)18)8-14-7-10-5-3-4-6-10/h9-10,14H,3-8H2,1-2H3. The van der Waals surface area contributed by atoms with E-state index in [-0.39, 0.29) is 11.2 Å².